The molecular formula is C19H23N5O3. The highest BCUT2D eigenvalue weighted by Crippen LogP contribution is 2.20. The zero-order valence-corrected chi connectivity index (χ0v) is 15.1. The molecule has 2 aromatic rings. The molecule has 0 spiro atoms. The van der Waals surface area contributed by atoms with Crippen LogP contribution in [-0.4, -0.2) is 48.9 Å². The fraction of sp³-hybridized carbons (Fsp3) is 0.421. The summed E-state index contributed by atoms with van der Waals surface area (Å²) in [6, 6.07) is 7.85. The molecule has 0 radical (unpaired) electrons. The van der Waals surface area contributed by atoms with Gasteiger partial charge in [0.15, 0.2) is 5.82 Å². The minimum atomic E-state index is -0.169. The summed E-state index contributed by atoms with van der Waals surface area (Å²) >= 11 is 0. The summed E-state index contributed by atoms with van der Waals surface area (Å²) < 4.78 is 10.7. The molecule has 1 aromatic heterocycles. The maximum absolute atomic E-state index is 12.3. The highest BCUT2D eigenvalue weighted by atomic mass is 16.5. The van der Waals surface area contributed by atoms with E-state index in [2.05, 4.69) is 37.8 Å². The summed E-state index contributed by atoms with van der Waals surface area (Å²) in [5, 5.41) is 10.1. The maximum Gasteiger partial charge on any atom is 0.244 e. The topological polar surface area (TPSA) is 92.5 Å². The number of carbonyl (C=O) groups is 1. The van der Waals surface area contributed by atoms with E-state index in [0.29, 0.717) is 11.7 Å². The van der Waals surface area contributed by atoms with Crippen molar-refractivity contribution in [2.24, 2.45) is 0 Å². The van der Waals surface area contributed by atoms with E-state index in [1.54, 1.807) is 0 Å². The molecule has 1 atom stereocenters. The number of anilines is 2. The van der Waals surface area contributed by atoms with Gasteiger partial charge in [0.05, 0.1) is 25.7 Å². The molecule has 27 heavy (non-hydrogen) atoms. The van der Waals surface area contributed by atoms with E-state index in [0.717, 1.165) is 50.6 Å². The molecule has 1 unspecified atom stereocenters. The number of benzene rings is 1. The van der Waals surface area contributed by atoms with Gasteiger partial charge < -0.3 is 24.8 Å². The van der Waals surface area contributed by atoms with Crippen LogP contribution >= 0.6 is 0 Å². The lowest BCUT2D eigenvalue weighted by atomic mass is 10.1. The number of hydrogen-bond donors (Lipinski definition) is 2. The van der Waals surface area contributed by atoms with Crippen molar-refractivity contribution in [1.82, 2.24) is 15.5 Å². The normalized spacial score (nSPS) is 19.9. The highest BCUT2D eigenvalue weighted by Gasteiger charge is 2.20. The van der Waals surface area contributed by atoms with E-state index in [-0.39, 0.29) is 18.4 Å². The lowest BCUT2D eigenvalue weighted by Crippen LogP contribution is -2.36. The predicted molar refractivity (Wildman–Crippen MR) is 101 cm³/mol. The molecular weight excluding hydrogens is 346 g/mol. The number of hydrogen-bond acceptors (Lipinski definition) is 7. The molecule has 0 bridgehead atoms. The van der Waals surface area contributed by atoms with E-state index in [1.807, 2.05) is 24.3 Å². The summed E-state index contributed by atoms with van der Waals surface area (Å²) in [6.07, 6.45) is 5.03. The molecule has 2 N–H and O–H groups in total. The van der Waals surface area contributed by atoms with Crippen molar-refractivity contribution in [3.63, 3.8) is 0 Å². The Morgan fingerprint density at radius 1 is 1.22 bits per heavy atom. The number of nitrogens with zero attached hydrogens (tertiary/aromatic N) is 3. The highest BCUT2D eigenvalue weighted by molar-refractivity contribution is 5.91. The molecule has 8 heteroatoms. The van der Waals surface area contributed by atoms with Gasteiger partial charge in [0, 0.05) is 31.0 Å². The first kappa shape index (κ1) is 17.7. The number of rotatable bonds is 5. The third kappa shape index (κ3) is 4.53. The average Bonchev–Trinajstić information content (AvgIpc) is 3.18. The number of amides is 1. The molecule has 3 heterocycles. The number of morpholine rings is 1. The first-order valence-corrected chi connectivity index (χ1v) is 9.21. The van der Waals surface area contributed by atoms with Crippen LogP contribution < -0.4 is 15.5 Å². The van der Waals surface area contributed by atoms with Gasteiger partial charge in [0.2, 0.25) is 11.8 Å². The van der Waals surface area contributed by atoms with E-state index in [4.69, 9.17) is 9.26 Å². The third-order valence-corrected chi connectivity index (χ3v) is 4.65. The van der Waals surface area contributed by atoms with Gasteiger partial charge in [0.25, 0.3) is 0 Å². The smallest absolute Gasteiger partial charge is 0.244 e. The number of nitrogens with one attached hydrogen (secondary N) is 2. The fourth-order valence-electron chi connectivity index (χ4n) is 3.20. The van der Waals surface area contributed by atoms with Gasteiger partial charge in [-0.2, -0.15) is 4.98 Å². The molecule has 8 nitrogen and oxygen atoms in total. The minimum Gasteiger partial charge on any atom is -0.378 e. The zero-order valence-electron chi connectivity index (χ0n) is 15.1. The Morgan fingerprint density at radius 2 is 2.04 bits per heavy atom. The quantitative estimate of drug-likeness (QED) is 0.775. The van der Waals surface area contributed by atoms with Gasteiger partial charge in [-0.1, -0.05) is 17.3 Å². The van der Waals surface area contributed by atoms with Crippen molar-refractivity contribution >= 4 is 17.3 Å². The third-order valence-electron chi connectivity index (χ3n) is 4.65. The lowest BCUT2D eigenvalue weighted by Gasteiger charge is -2.28. The van der Waals surface area contributed by atoms with Crippen LogP contribution in [0.1, 0.15) is 24.2 Å². The van der Waals surface area contributed by atoms with Crippen molar-refractivity contribution in [3.05, 3.63) is 48.1 Å². The predicted octanol–water partition coefficient (Wildman–Crippen LogP) is 1.68. The molecule has 0 aliphatic carbocycles. The molecule has 142 valence electrons. The Bertz CT molecular complexity index is 796. The van der Waals surface area contributed by atoms with E-state index < -0.39 is 0 Å². The van der Waals surface area contributed by atoms with Gasteiger partial charge >= 0.3 is 0 Å². The van der Waals surface area contributed by atoms with Crippen LogP contribution in [0.15, 0.2) is 40.9 Å². The van der Waals surface area contributed by atoms with Crippen LogP contribution in [-0.2, 0) is 16.0 Å². The monoisotopic (exact) mass is 369 g/mol. The van der Waals surface area contributed by atoms with Crippen molar-refractivity contribution in [3.8, 4) is 0 Å². The van der Waals surface area contributed by atoms with E-state index in [1.165, 1.54) is 0 Å². The zero-order chi connectivity index (χ0) is 18.5. The Balaban J connectivity index is 1.31. The Labute approximate surface area is 157 Å². The second kappa shape index (κ2) is 8.32. The van der Waals surface area contributed by atoms with Crippen LogP contribution in [0.2, 0.25) is 0 Å². The van der Waals surface area contributed by atoms with Gasteiger partial charge in [0.1, 0.15) is 0 Å². The van der Waals surface area contributed by atoms with Crippen molar-refractivity contribution < 1.29 is 14.1 Å². The van der Waals surface area contributed by atoms with Crippen molar-refractivity contribution in [2.75, 3.05) is 43.1 Å². The summed E-state index contributed by atoms with van der Waals surface area (Å²) in [5.74, 6) is 0.749. The van der Waals surface area contributed by atoms with Gasteiger partial charge in [-0.15, -0.1) is 0 Å². The molecule has 0 saturated carbocycles. The standard InChI is InChI=1S/C19H23N5O3/c25-18(13-17-22-19(27-23-17)16-3-1-2-8-20-16)21-14-4-6-15(7-5-14)24-9-11-26-12-10-24/h1-2,4-7,16,20H,3,8-13H2,(H,21,25). The molecule has 1 aromatic carbocycles. The minimum absolute atomic E-state index is 0.0204. The summed E-state index contributed by atoms with van der Waals surface area (Å²) in [4.78, 5) is 18.9. The summed E-state index contributed by atoms with van der Waals surface area (Å²) in [5.41, 5.74) is 1.88. The van der Waals surface area contributed by atoms with Gasteiger partial charge in [-0.25, -0.2) is 0 Å². The van der Waals surface area contributed by atoms with Gasteiger partial charge in [-0.05, 0) is 30.7 Å². The fourth-order valence-corrected chi connectivity index (χ4v) is 3.20. The molecule has 1 fully saturated rings. The van der Waals surface area contributed by atoms with Crippen LogP contribution in [0.5, 0.6) is 0 Å². The lowest BCUT2D eigenvalue weighted by molar-refractivity contribution is -0.115. The second-order valence-corrected chi connectivity index (χ2v) is 6.59. The maximum atomic E-state index is 12.3. The largest absolute Gasteiger partial charge is 0.378 e. The Kier molecular flexibility index (Phi) is 5.45. The van der Waals surface area contributed by atoms with Crippen molar-refractivity contribution in [1.29, 1.82) is 0 Å². The van der Waals surface area contributed by atoms with Crippen LogP contribution in [0.25, 0.3) is 0 Å². The van der Waals surface area contributed by atoms with Crippen molar-refractivity contribution in [2.45, 2.75) is 18.9 Å². The SMILES string of the molecule is O=C(Cc1noc(C2CC=CCN2)n1)Nc1ccc(N2CCOCC2)cc1. The molecule has 4 rings (SSSR count). The van der Waals surface area contributed by atoms with Gasteiger partial charge in [-0.3, -0.25) is 4.79 Å². The first-order chi connectivity index (χ1) is 13.3. The van der Waals surface area contributed by atoms with E-state index in [9.17, 15) is 4.79 Å². The van der Waals surface area contributed by atoms with Crippen LogP contribution in [0, 0.1) is 0 Å². The Morgan fingerprint density at radius 3 is 2.78 bits per heavy atom. The van der Waals surface area contributed by atoms with Crippen LogP contribution in [0.4, 0.5) is 11.4 Å². The number of ether oxygens (including phenoxy) is 1. The second-order valence-electron chi connectivity index (χ2n) is 6.59. The summed E-state index contributed by atoms with van der Waals surface area (Å²) in [7, 11) is 0. The number of carbonyl (C=O) groups excluding carboxylic acids is 1. The van der Waals surface area contributed by atoms with Crippen LogP contribution in [0.3, 0.4) is 0 Å². The number of aromatic nitrogens is 2. The summed E-state index contributed by atoms with van der Waals surface area (Å²) in [6.45, 7) is 4.05. The van der Waals surface area contributed by atoms with E-state index >= 15 is 0 Å². The Hall–Kier alpha value is -2.71. The average molecular weight is 369 g/mol. The molecule has 2 aliphatic rings. The first-order valence-electron chi connectivity index (χ1n) is 9.21. The molecule has 1 amide bonds. The molecule has 2 aliphatic heterocycles. The molecule has 1 saturated heterocycles.